The van der Waals surface area contributed by atoms with Gasteiger partial charge in [0.05, 0.1) is 11.5 Å². The normalized spacial score (nSPS) is 10.3. The second-order valence-electron chi connectivity index (χ2n) is 3.97. The van der Waals surface area contributed by atoms with Gasteiger partial charge in [0.1, 0.15) is 10.6 Å². The standard InChI is InChI=1S/C12H12N4O4S/c1-20-7-6-10-14-15-12(21-10)13-11(17)8-4-2-3-5-9(8)16(18)19/h2-5H,6-7H2,1H3,(H,13,15,17). The quantitative estimate of drug-likeness (QED) is 0.645. The zero-order chi connectivity index (χ0) is 15.2. The van der Waals surface area contributed by atoms with Crippen LogP contribution in [-0.4, -0.2) is 34.7 Å². The Kier molecular flexibility index (Phi) is 4.90. The number of carbonyl (C=O) groups excluding carboxylic acids is 1. The number of aromatic nitrogens is 2. The van der Waals surface area contributed by atoms with E-state index < -0.39 is 10.8 Å². The molecule has 1 N–H and O–H groups in total. The molecule has 110 valence electrons. The Morgan fingerprint density at radius 1 is 1.43 bits per heavy atom. The fourth-order valence-electron chi connectivity index (χ4n) is 1.58. The summed E-state index contributed by atoms with van der Waals surface area (Å²) in [6.07, 6.45) is 0.593. The molecule has 0 fully saturated rings. The summed E-state index contributed by atoms with van der Waals surface area (Å²) >= 11 is 1.21. The first-order chi connectivity index (χ1) is 10.1. The van der Waals surface area contributed by atoms with Crippen molar-refractivity contribution < 1.29 is 14.5 Å². The van der Waals surface area contributed by atoms with Crippen molar-refractivity contribution >= 4 is 28.1 Å². The van der Waals surface area contributed by atoms with E-state index in [4.69, 9.17) is 4.74 Å². The minimum atomic E-state index is -0.598. The summed E-state index contributed by atoms with van der Waals surface area (Å²) in [4.78, 5) is 22.4. The molecular formula is C12H12N4O4S. The van der Waals surface area contributed by atoms with E-state index in [2.05, 4.69) is 15.5 Å². The van der Waals surface area contributed by atoms with Crippen LogP contribution in [0, 0.1) is 10.1 Å². The number of nitro benzene ring substituents is 1. The van der Waals surface area contributed by atoms with Crippen LogP contribution in [0.1, 0.15) is 15.4 Å². The molecule has 1 aromatic carbocycles. The molecule has 1 amide bonds. The van der Waals surface area contributed by atoms with E-state index >= 15 is 0 Å². The largest absolute Gasteiger partial charge is 0.384 e. The van der Waals surface area contributed by atoms with Gasteiger partial charge in [-0.25, -0.2) is 0 Å². The number of nitro groups is 1. The average molecular weight is 308 g/mol. The van der Waals surface area contributed by atoms with Crippen LogP contribution < -0.4 is 5.32 Å². The van der Waals surface area contributed by atoms with Gasteiger partial charge < -0.3 is 4.74 Å². The number of methoxy groups -OCH3 is 1. The van der Waals surface area contributed by atoms with E-state index in [1.807, 2.05) is 0 Å². The lowest BCUT2D eigenvalue weighted by molar-refractivity contribution is -0.385. The van der Waals surface area contributed by atoms with Crippen LogP contribution in [0.25, 0.3) is 0 Å². The highest BCUT2D eigenvalue weighted by Gasteiger charge is 2.20. The molecule has 2 rings (SSSR count). The molecular weight excluding hydrogens is 296 g/mol. The van der Waals surface area contributed by atoms with Gasteiger partial charge in [0.2, 0.25) is 5.13 Å². The summed E-state index contributed by atoms with van der Waals surface area (Å²) in [6.45, 7) is 0.507. The van der Waals surface area contributed by atoms with Gasteiger partial charge in [0.25, 0.3) is 11.6 Å². The van der Waals surface area contributed by atoms with Crippen LogP contribution in [0.15, 0.2) is 24.3 Å². The molecule has 0 saturated heterocycles. The molecule has 1 heterocycles. The first-order valence-corrected chi connectivity index (χ1v) is 6.79. The van der Waals surface area contributed by atoms with Crippen molar-refractivity contribution in [2.24, 2.45) is 0 Å². The van der Waals surface area contributed by atoms with E-state index in [1.54, 1.807) is 13.2 Å². The third-order valence-electron chi connectivity index (χ3n) is 2.55. The third kappa shape index (κ3) is 3.80. The number of para-hydroxylation sites is 1. The van der Waals surface area contributed by atoms with Crippen molar-refractivity contribution in [1.29, 1.82) is 0 Å². The molecule has 0 aliphatic heterocycles. The summed E-state index contributed by atoms with van der Waals surface area (Å²) in [6, 6.07) is 5.73. The van der Waals surface area contributed by atoms with Crippen LogP contribution in [0.3, 0.4) is 0 Å². The number of carbonyl (C=O) groups is 1. The van der Waals surface area contributed by atoms with Crippen LogP contribution in [0.4, 0.5) is 10.8 Å². The molecule has 0 aliphatic rings. The van der Waals surface area contributed by atoms with E-state index in [0.717, 1.165) is 5.01 Å². The van der Waals surface area contributed by atoms with Gasteiger partial charge in [0, 0.05) is 19.6 Å². The number of hydrogen-bond acceptors (Lipinski definition) is 7. The smallest absolute Gasteiger partial charge is 0.282 e. The number of anilines is 1. The lowest BCUT2D eigenvalue weighted by Gasteiger charge is -2.01. The monoisotopic (exact) mass is 308 g/mol. The molecule has 0 unspecified atom stereocenters. The average Bonchev–Trinajstić information content (AvgIpc) is 2.92. The lowest BCUT2D eigenvalue weighted by Crippen LogP contribution is -2.13. The molecule has 0 bridgehead atoms. The minimum Gasteiger partial charge on any atom is -0.384 e. The number of ether oxygens (including phenoxy) is 1. The van der Waals surface area contributed by atoms with Gasteiger partial charge in [-0.2, -0.15) is 0 Å². The Morgan fingerprint density at radius 3 is 2.90 bits per heavy atom. The Bertz CT molecular complexity index is 658. The topological polar surface area (TPSA) is 107 Å². The summed E-state index contributed by atoms with van der Waals surface area (Å²) in [5, 5.41) is 22.1. The van der Waals surface area contributed by atoms with E-state index in [0.29, 0.717) is 18.2 Å². The summed E-state index contributed by atoms with van der Waals surface area (Å²) < 4.78 is 4.92. The van der Waals surface area contributed by atoms with Gasteiger partial charge in [-0.15, -0.1) is 10.2 Å². The molecule has 21 heavy (non-hydrogen) atoms. The van der Waals surface area contributed by atoms with Gasteiger partial charge in [-0.05, 0) is 6.07 Å². The van der Waals surface area contributed by atoms with Crippen molar-refractivity contribution in [3.05, 3.63) is 45.0 Å². The number of amides is 1. The number of benzene rings is 1. The number of rotatable bonds is 6. The Balaban J connectivity index is 2.11. The van der Waals surface area contributed by atoms with Crippen molar-refractivity contribution in [1.82, 2.24) is 10.2 Å². The molecule has 0 atom stereocenters. The van der Waals surface area contributed by atoms with Gasteiger partial charge in [-0.3, -0.25) is 20.2 Å². The Hall–Kier alpha value is -2.39. The maximum absolute atomic E-state index is 12.1. The summed E-state index contributed by atoms with van der Waals surface area (Å²) in [5.74, 6) is -0.586. The molecule has 9 heteroatoms. The fraction of sp³-hybridized carbons (Fsp3) is 0.250. The molecule has 0 spiro atoms. The second-order valence-corrected chi connectivity index (χ2v) is 5.03. The number of hydrogen-bond donors (Lipinski definition) is 1. The predicted octanol–water partition coefficient (Wildman–Crippen LogP) is 1.89. The zero-order valence-electron chi connectivity index (χ0n) is 11.1. The number of nitrogens with one attached hydrogen (secondary N) is 1. The Morgan fingerprint density at radius 2 is 2.19 bits per heavy atom. The summed E-state index contributed by atoms with van der Waals surface area (Å²) in [5.41, 5.74) is -0.268. The molecule has 0 radical (unpaired) electrons. The van der Waals surface area contributed by atoms with Crippen molar-refractivity contribution in [3.63, 3.8) is 0 Å². The van der Waals surface area contributed by atoms with E-state index in [1.165, 1.54) is 29.5 Å². The lowest BCUT2D eigenvalue weighted by atomic mass is 10.1. The molecule has 1 aromatic heterocycles. The second kappa shape index (κ2) is 6.86. The van der Waals surface area contributed by atoms with Crippen molar-refractivity contribution in [3.8, 4) is 0 Å². The molecule has 8 nitrogen and oxygen atoms in total. The molecule has 0 saturated carbocycles. The first-order valence-electron chi connectivity index (χ1n) is 5.98. The maximum atomic E-state index is 12.1. The summed E-state index contributed by atoms with van der Waals surface area (Å²) in [7, 11) is 1.58. The highest BCUT2D eigenvalue weighted by molar-refractivity contribution is 7.15. The maximum Gasteiger partial charge on any atom is 0.282 e. The van der Waals surface area contributed by atoms with Crippen LogP contribution in [0.2, 0.25) is 0 Å². The fourth-order valence-corrected chi connectivity index (χ4v) is 2.30. The third-order valence-corrected chi connectivity index (χ3v) is 3.45. The number of nitrogens with zero attached hydrogens (tertiary/aromatic N) is 3. The van der Waals surface area contributed by atoms with Crippen LogP contribution in [0.5, 0.6) is 0 Å². The molecule has 2 aromatic rings. The molecule has 0 aliphatic carbocycles. The Labute approximate surface area is 123 Å². The van der Waals surface area contributed by atoms with Gasteiger partial charge in [-0.1, -0.05) is 23.5 Å². The van der Waals surface area contributed by atoms with Crippen LogP contribution >= 0.6 is 11.3 Å². The van der Waals surface area contributed by atoms with Gasteiger partial charge in [0.15, 0.2) is 0 Å². The minimum absolute atomic E-state index is 0.0175. The zero-order valence-corrected chi connectivity index (χ0v) is 11.9. The highest BCUT2D eigenvalue weighted by atomic mass is 32.1. The van der Waals surface area contributed by atoms with Crippen molar-refractivity contribution in [2.75, 3.05) is 19.0 Å². The first kappa shape index (κ1) is 15.0. The van der Waals surface area contributed by atoms with E-state index in [9.17, 15) is 14.9 Å². The van der Waals surface area contributed by atoms with E-state index in [-0.39, 0.29) is 11.3 Å². The van der Waals surface area contributed by atoms with Crippen molar-refractivity contribution in [2.45, 2.75) is 6.42 Å². The predicted molar refractivity (Wildman–Crippen MR) is 76.5 cm³/mol. The SMILES string of the molecule is COCCc1nnc(NC(=O)c2ccccc2[N+](=O)[O-])s1. The van der Waals surface area contributed by atoms with Gasteiger partial charge >= 0.3 is 0 Å². The highest BCUT2D eigenvalue weighted by Crippen LogP contribution is 2.21. The van der Waals surface area contributed by atoms with Crippen LogP contribution in [-0.2, 0) is 11.2 Å².